The fraction of sp³-hybridized carbons (Fsp3) is 0.200. The number of nitrogens with zero attached hydrogens (tertiary/aromatic N) is 1. The van der Waals surface area contributed by atoms with E-state index in [2.05, 4.69) is 11.2 Å². The van der Waals surface area contributed by atoms with Crippen LogP contribution in [0.2, 0.25) is 10.0 Å². The van der Waals surface area contributed by atoms with Crippen LogP contribution in [-0.4, -0.2) is 18.2 Å². The van der Waals surface area contributed by atoms with Crippen molar-refractivity contribution >= 4 is 40.8 Å². The number of carbonyl (C=O) groups excluding carboxylic acids is 1. The number of benzene rings is 3. The number of aromatic nitrogens is 1. The molecule has 0 N–H and O–H groups in total. The number of fused-ring (bicyclic) bond motifs is 1. The van der Waals surface area contributed by atoms with E-state index in [4.69, 9.17) is 37.2 Å². The molecule has 4 aromatic rings. The van der Waals surface area contributed by atoms with Crippen LogP contribution < -0.4 is 4.74 Å². The van der Waals surface area contributed by atoms with E-state index in [9.17, 15) is 4.79 Å². The Morgan fingerprint density at radius 2 is 1.81 bits per heavy atom. The van der Waals surface area contributed by atoms with E-state index < -0.39 is 0 Å². The van der Waals surface area contributed by atoms with Gasteiger partial charge in [0.1, 0.15) is 23.8 Å². The number of rotatable bonds is 7. The van der Waals surface area contributed by atoms with Gasteiger partial charge in [-0.25, -0.2) is 4.79 Å². The molecule has 0 bridgehead atoms. The van der Waals surface area contributed by atoms with E-state index >= 15 is 0 Å². The lowest BCUT2D eigenvalue weighted by Gasteiger charge is -2.11. The largest absolute Gasteiger partial charge is 0.489 e. The predicted molar refractivity (Wildman–Crippen MR) is 146 cm³/mol. The number of hydrogen-bond donors (Lipinski definition) is 0. The Bertz CT molecular complexity index is 1500. The van der Waals surface area contributed by atoms with Crippen molar-refractivity contribution in [2.45, 2.75) is 32.8 Å². The van der Waals surface area contributed by atoms with Crippen molar-refractivity contribution in [1.29, 1.82) is 0 Å². The third-order valence-electron chi connectivity index (χ3n) is 6.41. The highest BCUT2D eigenvalue weighted by atomic mass is 35.5. The number of esters is 1. The maximum atomic E-state index is 11.9. The highest BCUT2D eigenvalue weighted by molar-refractivity contribution is 6.39. The molecular weight excluding hydrogens is 509 g/mol. The molecule has 37 heavy (non-hydrogen) atoms. The number of methoxy groups -OCH3 is 1. The molecule has 1 aliphatic rings. The maximum absolute atomic E-state index is 11.9. The zero-order valence-corrected chi connectivity index (χ0v) is 22.2. The zero-order chi connectivity index (χ0) is 26.1. The Balaban J connectivity index is 1.37. The van der Waals surface area contributed by atoms with Crippen LogP contribution in [0, 0.1) is 0 Å². The first-order chi connectivity index (χ1) is 17.9. The molecule has 0 fully saturated rings. The lowest BCUT2D eigenvalue weighted by atomic mass is 10.0. The van der Waals surface area contributed by atoms with Gasteiger partial charge in [0.15, 0.2) is 0 Å². The molecule has 188 valence electrons. The van der Waals surface area contributed by atoms with Gasteiger partial charge in [0.2, 0.25) is 0 Å². The van der Waals surface area contributed by atoms with Gasteiger partial charge in [-0.05, 0) is 65.1 Å². The topological polar surface area (TPSA) is 61.6 Å². The molecule has 0 aliphatic heterocycles. The number of halogens is 2. The van der Waals surface area contributed by atoms with Crippen molar-refractivity contribution in [3.63, 3.8) is 0 Å². The highest BCUT2D eigenvalue weighted by Gasteiger charge is 2.24. The second-order valence-corrected chi connectivity index (χ2v) is 10.0. The fourth-order valence-corrected chi connectivity index (χ4v) is 5.13. The molecule has 0 atom stereocenters. The van der Waals surface area contributed by atoms with E-state index in [1.54, 1.807) is 24.3 Å². The second-order valence-electron chi connectivity index (χ2n) is 9.19. The highest BCUT2D eigenvalue weighted by Crippen LogP contribution is 2.39. The molecule has 5 rings (SSSR count). The number of hydrogen-bond acceptors (Lipinski definition) is 5. The first-order valence-electron chi connectivity index (χ1n) is 11.9. The third-order valence-corrected chi connectivity index (χ3v) is 7.04. The van der Waals surface area contributed by atoms with E-state index in [0.29, 0.717) is 26.9 Å². The summed E-state index contributed by atoms with van der Waals surface area (Å²) in [6.07, 6.45) is 2.88. The molecule has 0 radical (unpaired) electrons. The number of carbonyl (C=O) groups is 1. The molecular formula is C30H25Cl2NO4. The van der Waals surface area contributed by atoms with Gasteiger partial charge in [0.05, 0.1) is 28.3 Å². The molecule has 1 heterocycles. The average molecular weight is 534 g/mol. The van der Waals surface area contributed by atoms with Crippen molar-refractivity contribution in [3.8, 4) is 17.0 Å². The monoisotopic (exact) mass is 533 g/mol. The van der Waals surface area contributed by atoms with E-state index in [1.807, 2.05) is 50.2 Å². The Hall–Kier alpha value is -3.54. The van der Waals surface area contributed by atoms with Crippen LogP contribution in [0.4, 0.5) is 0 Å². The van der Waals surface area contributed by atoms with Crippen LogP contribution in [-0.2, 0) is 17.8 Å². The van der Waals surface area contributed by atoms with Gasteiger partial charge >= 0.3 is 5.97 Å². The number of allylic oxidation sites excluding steroid dienone is 1. The summed E-state index contributed by atoms with van der Waals surface area (Å²) in [5.74, 6) is 1.24. The van der Waals surface area contributed by atoms with Gasteiger partial charge in [-0.2, -0.15) is 0 Å². The van der Waals surface area contributed by atoms with Crippen LogP contribution in [0.3, 0.4) is 0 Å². The molecule has 0 saturated carbocycles. The van der Waals surface area contributed by atoms with E-state index in [0.717, 1.165) is 45.8 Å². The Kier molecular flexibility index (Phi) is 7.09. The van der Waals surface area contributed by atoms with Gasteiger partial charge in [0, 0.05) is 11.5 Å². The van der Waals surface area contributed by atoms with Gasteiger partial charge in [-0.15, -0.1) is 0 Å². The van der Waals surface area contributed by atoms with Crippen LogP contribution in [0.5, 0.6) is 5.75 Å². The molecule has 0 saturated heterocycles. The van der Waals surface area contributed by atoms with Crippen molar-refractivity contribution in [3.05, 3.63) is 104 Å². The van der Waals surface area contributed by atoms with Crippen LogP contribution >= 0.6 is 23.2 Å². The van der Waals surface area contributed by atoms with Crippen molar-refractivity contribution in [2.75, 3.05) is 7.11 Å². The summed E-state index contributed by atoms with van der Waals surface area (Å²) in [5, 5.41) is 5.31. The Morgan fingerprint density at radius 3 is 2.54 bits per heavy atom. The number of ether oxygens (including phenoxy) is 2. The molecule has 3 aromatic carbocycles. The standard InChI is InChI=1S/C30H25Cl2NO4/c1-17(2)29-24(28(33-37-29)27-25(31)8-5-9-26(27)32)16-36-23-11-10-19-13-21(14-22(19)15-23)18-6-4-7-20(12-18)30(34)35-3/h4-13,15,17H,14,16H2,1-3H3. The molecule has 0 amide bonds. The maximum Gasteiger partial charge on any atom is 0.337 e. The van der Waals surface area contributed by atoms with Crippen molar-refractivity contribution in [1.82, 2.24) is 5.16 Å². The summed E-state index contributed by atoms with van der Waals surface area (Å²) in [6.45, 7) is 4.34. The molecule has 0 spiro atoms. The second kappa shape index (κ2) is 10.4. The zero-order valence-electron chi connectivity index (χ0n) is 20.7. The Morgan fingerprint density at radius 1 is 1.05 bits per heavy atom. The third kappa shape index (κ3) is 5.02. The van der Waals surface area contributed by atoms with Crippen molar-refractivity contribution < 1.29 is 18.8 Å². The minimum Gasteiger partial charge on any atom is -0.489 e. The quantitative estimate of drug-likeness (QED) is 0.224. The minimum atomic E-state index is -0.347. The normalized spacial score (nSPS) is 12.4. The Labute approximate surface area is 225 Å². The van der Waals surface area contributed by atoms with E-state index in [1.165, 1.54) is 7.11 Å². The first kappa shape index (κ1) is 25.1. The minimum absolute atomic E-state index is 0.105. The lowest BCUT2D eigenvalue weighted by Crippen LogP contribution is -2.02. The van der Waals surface area contributed by atoms with Crippen molar-refractivity contribution in [2.24, 2.45) is 0 Å². The molecule has 0 unspecified atom stereocenters. The molecule has 5 nitrogen and oxygen atoms in total. The summed E-state index contributed by atoms with van der Waals surface area (Å²) >= 11 is 12.9. The van der Waals surface area contributed by atoms with Gasteiger partial charge in [-0.1, -0.05) is 72.5 Å². The summed E-state index contributed by atoms with van der Waals surface area (Å²) < 4.78 is 16.8. The summed E-state index contributed by atoms with van der Waals surface area (Å²) in [4.78, 5) is 11.9. The van der Waals surface area contributed by atoms with Crippen LogP contribution in [0.15, 0.2) is 65.2 Å². The van der Waals surface area contributed by atoms with E-state index in [-0.39, 0.29) is 18.5 Å². The SMILES string of the molecule is COC(=O)c1cccc(C2=Cc3ccc(OCc4c(-c5c(Cl)cccc5Cl)noc4C(C)C)cc3C2)c1. The first-order valence-corrected chi connectivity index (χ1v) is 12.7. The smallest absolute Gasteiger partial charge is 0.337 e. The molecule has 1 aromatic heterocycles. The van der Waals surface area contributed by atoms with Gasteiger partial charge in [0.25, 0.3) is 0 Å². The predicted octanol–water partition coefficient (Wildman–Crippen LogP) is 8.23. The van der Waals surface area contributed by atoms with Crippen LogP contribution in [0.1, 0.15) is 58.1 Å². The average Bonchev–Trinajstić information content (AvgIpc) is 3.51. The van der Waals surface area contributed by atoms with Crippen LogP contribution in [0.25, 0.3) is 22.9 Å². The summed E-state index contributed by atoms with van der Waals surface area (Å²) in [7, 11) is 1.39. The molecule has 7 heteroatoms. The summed E-state index contributed by atoms with van der Waals surface area (Å²) in [5.41, 5.74) is 6.99. The lowest BCUT2D eigenvalue weighted by molar-refractivity contribution is 0.0600. The van der Waals surface area contributed by atoms with Gasteiger partial charge < -0.3 is 14.0 Å². The summed E-state index contributed by atoms with van der Waals surface area (Å²) in [6, 6.07) is 18.9. The molecule has 1 aliphatic carbocycles. The van der Waals surface area contributed by atoms with Gasteiger partial charge in [-0.3, -0.25) is 0 Å². The fourth-order valence-electron chi connectivity index (χ4n) is 4.55.